The lowest BCUT2D eigenvalue weighted by Gasteiger charge is -2.12. The Morgan fingerprint density at radius 3 is 2.61 bits per heavy atom. The number of imidazole rings is 1. The minimum atomic E-state index is 0.264. The van der Waals surface area contributed by atoms with Crippen LogP contribution in [0.15, 0.2) is 30.3 Å². The Morgan fingerprint density at radius 1 is 1.07 bits per heavy atom. The molecule has 6 nitrogen and oxygen atoms in total. The fourth-order valence-electron chi connectivity index (χ4n) is 3.14. The van der Waals surface area contributed by atoms with Gasteiger partial charge in [-0.25, -0.2) is 9.97 Å². The lowest BCUT2D eigenvalue weighted by molar-refractivity contribution is 0.297. The number of hydrogen-bond donors (Lipinski definition) is 0. The first-order valence-corrected chi connectivity index (χ1v) is 9.56. The molecule has 0 unspecified atom stereocenters. The molecule has 4 rings (SSSR count). The van der Waals surface area contributed by atoms with Gasteiger partial charge in [-0.05, 0) is 25.1 Å². The summed E-state index contributed by atoms with van der Waals surface area (Å²) in [4.78, 5) is 13.9. The lowest BCUT2D eigenvalue weighted by Crippen LogP contribution is -2.05. The molecule has 0 aliphatic carbocycles. The number of fused-ring (bicyclic) bond motifs is 3. The van der Waals surface area contributed by atoms with Gasteiger partial charge in [0.1, 0.15) is 23.5 Å². The lowest BCUT2D eigenvalue weighted by atomic mass is 10.2. The molecule has 3 aromatic heterocycles. The van der Waals surface area contributed by atoms with E-state index in [1.54, 1.807) is 25.3 Å². The van der Waals surface area contributed by atoms with Gasteiger partial charge in [-0.2, -0.15) is 4.98 Å². The maximum Gasteiger partial charge on any atom is 0.241 e. The topological polar surface area (TPSA) is 61.5 Å². The Hall–Kier alpha value is -2.57. The Balaban J connectivity index is 1.86. The average molecular weight is 417 g/mol. The Kier molecular flexibility index (Phi) is 5.00. The van der Waals surface area contributed by atoms with Gasteiger partial charge in [-0.15, -0.1) is 0 Å². The van der Waals surface area contributed by atoms with Gasteiger partial charge >= 0.3 is 0 Å². The van der Waals surface area contributed by atoms with Gasteiger partial charge in [-0.1, -0.05) is 36.2 Å². The maximum absolute atomic E-state index is 6.27. The van der Waals surface area contributed by atoms with E-state index in [2.05, 4.69) is 21.9 Å². The van der Waals surface area contributed by atoms with Crippen LogP contribution in [-0.2, 0) is 13.0 Å². The molecular formula is C20H18Cl2N4O2. The monoisotopic (exact) mass is 416 g/mol. The number of hydrogen-bond acceptors (Lipinski definition) is 5. The van der Waals surface area contributed by atoms with E-state index in [1.165, 1.54) is 0 Å². The molecule has 0 aliphatic rings. The van der Waals surface area contributed by atoms with Gasteiger partial charge < -0.3 is 9.47 Å². The smallest absolute Gasteiger partial charge is 0.241 e. The molecule has 28 heavy (non-hydrogen) atoms. The second-order valence-corrected chi connectivity index (χ2v) is 7.13. The molecule has 0 amide bonds. The summed E-state index contributed by atoms with van der Waals surface area (Å²) in [7, 11) is 1.59. The molecule has 0 radical (unpaired) electrons. The zero-order valence-corrected chi connectivity index (χ0v) is 17.2. The quantitative estimate of drug-likeness (QED) is 0.455. The summed E-state index contributed by atoms with van der Waals surface area (Å²) in [6, 6.07) is 8.95. The second kappa shape index (κ2) is 7.45. The summed E-state index contributed by atoms with van der Waals surface area (Å²) in [5.74, 6) is 1.89. The average Bonchev–Trinajstić information content (AvgIpc) is 3.04. The van der Waals surface area contributed by atoms with E-state index in [0.29, 0.717) is 33.0 Å². The van der Waals surface area contributed by atoms with Crippen LogP contribution < -0.4 is 9.47 Å². The first-order valence-electron chi connectivity index (χ1n) is 8.81. The van der Waals surface area contributed by atoms with Crippen LogP contribution in [0.3, 0.4) is 0 Å². The minimum absolute atomic E-state index is 0.264. The highest BCUT2D eigenvalue weighted by atomic mass is 35.5. The number of ether oxygens (including phenoxy) is 2. The highest BCUT2D eigenvalue weighted by molar-refractivity contribution is 6.35. The number of aromatic nitrogens is 4. The van der Waals surface area contributed by atoms with Crippen molar-refractivity contribution in [1.82, 2.24) is 19.4 Å². The molecule has 0 saturated heterocycles. The van der Waals surface area contributed by atoms with Crippen molar-refractivity contribution in [3.63, 3.8) is 0 Å². The van der Waals surface area contributed by atoms with Crippen LogP contribution in [0, 0.1) is 6.92 Å². The highest BCUT2D eigenvalue weighted by Crippen LogP contribution is 2.30. The summed E-state index contributed by atoms with van der Waals surface area (Å²) in [6.45, 7) is 4.25. The maximum atomic E-state index is 6.27. The van der Waals surface area contributed by atoms with Gasteiger partial charge in [0, 0.05) is 28.1 Å². The van der Waals surface area contributed by atoms with Crippen molar-refractivity contribution in [3.8, 4) is 11.8 Å². The largest absolute Gasteiger partial charge is 0.481 e. The molecule has 0 atom stereocenters. The standard InChI is InChI=1S/C20H18Cl2N4O2/c1-4-16-23-11(2)18-20(28-10-12-5-6-13(21)9-14(12)22)24-15-7-8-17(27-3)25-19(15)26(16)18/h5-9H,4,10H2,1-3H3. The van der Waals surface area contributed by atoms with Crippen LogP contribution in [0.2, 0.25) is 10.0 Å². The van der Waals surface area contributed by atoms with Crippen molar-refractivity contribution in [2.45, 2.75) is 26.9 Å². The summed E-state index contributed by atoms with van der Waals surface area (Å²) in [5, 5.41) is 1.13. The Labute approximate surface area is 172 Å². The van der Waals surface area contributed by atoms with E-state index in [9.17, 15) is 0 Å². The van der Waals surface area contributed by atoms with E-state index < -0.39 is 0 Å². The number of benzene rings is 1. The van der Waals surface area contributed by atoms with Crippen molar-refractivity contribution in [1.29, 1.82) is 0 Å². The SMILES string of the molecule is CCc1nc(C)c2c(OCc3ccc(Cl)cc3Cl)nc3ccc(OC)nc3n12. The molecule has 0 saturated carbocycles. The van der Waals surface area contributed by atoms with Crippen LogP contribution in [0.25, 0.3) is 16.7 Å². The number of halogens is 2. The van der Waals surface area contributed by atoms with Crippen molar-refractivity contribution >= 4 is 39.9 Å². The third-order valence-corrected chi connectivity index (χ3v) is 5.08. The van der Waals surface area contributed by atoms with Crippen LogP contribution >= 0.6 is 23.2 Å². The molecule has 0 aliphatic heterocycles. The van der Waals surface area contributed by atoms with Crippen LogP contribution in [0.4, 0.5) is 0 Å². The number of methoxy groups -OCH3 is 1. The molecule has 0 fully saturated rings. The van der Waals surface area contributed by atoms with Crippen molar-refractivity contribution in [2.75, 3.05) is 7.11 Å². The van der Waals surface area contributed by atoms with Gasteiger partial charge in [0.2, 0.25) is 11.8 Å². The summed E-state index contributed by atoms with van der Waals surface area (Å²) in [5.41, 5.74) is 3.82. The van der Waals surface area contributed by atoms with Crippen LogP contribution in [-0.4, -0.2) is 26.5 Å². The van der Waals surface area contributed by atoms with Crippen LogP contribution in [0.1, 0.15) is 24.0 Å². The number of rotatable bonds is 5. The number of aryl methyl sites for hydroxylation is 2. The van der Waals surface area contributed by atoms with E-state index in [4.69, 9.17) is 32.7 Å². The predicted octanol–water partition coefficient (Wildman–Crippen LogP) is 5.04. The minimum Gasteiger partial charge on any atom is -0.481 e. The zero-order valence-electron chi connectivity index (χ0n) is 15.7. The van der Waals surface area contributed by atoms with Gasteiger partial charge in [0.25, 0.3) is 0 Å². The van der Waals surface area contributed by atoms with Gasteiger partial charge in [-0.3, -0.25) is 4.40 Å². The number of nitrogens with zero attached hydrogens (tertiary/aromatic N) is 4. The third-order valence-electron chi connectivity index (χ3n) is 4.49. The highest BCUT2D eigenvalue weighted by Gasteiger charge is 2.19. The van der Waals surface area contributed by atoms with Crippen LogP contribution in [0.5, 0.6) is 11.8 Å². The van der Waals surface area contributed by atoms with E-state index in [-0.39, 0.29) is 6.61 Å². The second-order valence-electron chi connectivity index (χ2n) is 6.29. The zero-order chi connectivity index (χ0) is 19.8. The van der Waals surface area contributed by atoms with E-state index >= 15 is 0 Å². The molecule has 8 heteroatoms. The molecule has 3 heterocycles. The van der Waals surface area contributed by atoms with E-state index in [1.807, 2.05) is 23.5 Å². The first-order chi connectivity index (χ1) is 13.5. The van der Waals surface area contributed by atoms with Gasteiger partial charge in [0.15, 0.2) is 5.65 Å². The molecule has 0 bridgehead atoms. The molecule has 144 valence electrons. The first kappa shape index (κ1) is 18.8. The molecule has 4 aromatic rings. The summed E-state index contributed by atoms with van der Waals surface area (Å²) in [6.07, 6.45) is 0.745. The predicted molar refractivity (Wildman–Crippen MR) is 110 cm³/mol. The number of pyridine rings is 1. The molecular weight excluding hydrogens is 399 g/mol. The van der Waals surface area contributed by atoms with Crippen molar-refractivity contribution < 1.29 is 9.47 Å². The third kappa shape index (κ3) is 3.23. The van der Waals surface area contributed by atoms with Crippen molar-refractivity contribution in [3.05, 3.63) is 57.5 Å². The fraction of sp³-hybridized carbons (Fsp3) is 0.250. The fourth-order valence-corrected chi connectivity index (χ4v) is 3.60. The molecule has 1 aromatic carbocycles. The normalized spacial score (nSPS) is 11.3. The Morgan fingerprint density at radius 2 is 1.89 bits per heavy atom. The van der Waals surface area contributed by atoms with Gasteiger partial charge in [0.05, 0.1) is 12.8 Å². The Bertz CT molecular complexity index is 1190. The van der Waals surface area contributed by atoms with E-state index in [0.717, 1.165) is 29.0 Å². The van der Waals surface area contributed by atoms with Crippen molar-refractivity contribution in [2.24, 2.45) is 0 Å². The molecule has 0 N–H and O–H groups in total. The summed E-state index contributed by atoms with van der Waals surface area (Å²) >= 11 is 12.2. The summed E-state index contributed by atoms with van der Waals surface area (Å²) < 4.78 is 13.3. The molecule has 0 spiro atoms.